The molecule has 0 saturated heterocycles. The van der Waals surface area contributed by atoms with Crippen molar-refractivity contribution >= 4 is 23.1 Å². The maximum absolute atomic E-state index is 12.4. The fraction of sp³-hybridized carbons (Fsp3) is 0.273. The summed E-state index contributed by atoms with van der Waals surface area (Å²) in [6, 6.07) is 6.04. The smallest absolute Gasteiger partial charge is 0.406 e. The fourth-order valence-corrected chi connectivity index (χ4v) is 1.57. The number of carboxylic acids is 1. The van der Waals surface area contributed by atoms with Crippen LogP contribution in [0.3, 0.4) is 0 Å². The van der Waals surface area contributed by atoms with E-state index < -0.39 is 25.2 Å². The van der Waals surface area contributed by atoms with Gasteiger partial charge in [0.05, 0.1) is 0 Å². The molecule has 0 saturated carbocycles. The minimum Gasteiger partial charge on any atom is -0.480 e. The van der Waals surface area contributed by atoms with Crippen LogP contribution >= 0.6 is 0 Å². The zero-order valence-corrected chi connectivity index (χ0v) is 9.52. The largest absolute Gasteiger partial charge is 0.480 e. The number of halogens is 3. The summed E-state index contributed by atoms with van der Waals surface area (Å²) in [5.41, 5.74) is 0.671. The molecule has 1 N–H and O–H groups in total. The quantitative estimate of drug-likeness (QED) is 0.926. The van der Waals surface area contributed by atoms with Crippen molar-refractivity contribution < 1.29 is 27.5 Å². The standard InChI is InChI=1S/C11H9F3N2O3/c12-11(13,14)6-16(5-9(17)18)10-15-7-3-1-2-4-8(7)19-10/h1-4H,5-6H2,(H,17,18). The van der Waals surface area contributed by atoms with E-state index in [2.05, 4.69) is 4.98 Å². The maximum atomic E-state index is 12.4. The molecule has 2 rings (SSSR count). The Bertz CT molecular complexity index is 561. The molecular weight excluding hydrogens is 265 g/mol. The van der Waals surface area contributed by atoms with Gasteiger partial charge in [-0.2, -0.15) is 18.2 Å². The van der Waals surface area contributed by atoms with Crippen molar-refractivity contribution in [3.63, 3.8) is 0 Å². The van der Waals surface area contributed by atoms with Gasteiger partial charge in [-0.1, -0.05) is 12.1 Å². The van der Waals surface area contributed by atoms with Crippen LogP contribution in [0, 0.1) is 0 Å². The number of aromatic nitrogens is 1. The lowest BCUT2D eigenvalue weighted by Gasteiger charge is -2.19. The van der Waals surface area contributed by atoms with Gasteiger partial charge in [-0.05, 0) is 12.1 Å². The van der Waals surface area contributed by atoms with Crippen LogP contribution in [0.2, 0.25) is 0 Å². The van der Waals surface area contributed by atoms with Crippen molar-refractivity contribution in [1.82, 2.24) is 4.98 Å². The van der Waals surface area contributed by atoms with E-state index in [0.717, 1.165) is 0 Å². The minimum atomic E-state index is -4.55. The molecule has 0 aliphatic heterocycles. The third-order valence-corrected chi connectivity index (χ3v) is 2.25. The summed E-state index contributed by atoms with van der Waals surface area (Å²) in [4.78, 5) is 15.0. The predicted molar refractivity (Wildman–Crippen MR) is 59.9 cm³/mol. The number of benzene rings is 1. The molecule has 0 radical (unpaired) electrons. The highest BCUT2D eigenvalue weighted by Gasteiger charge is 2.33. The van der Waals surface area contributed by atoms with Gasteiger partial charge in [-0.25, -0.2) is 0 Å². The zero-order chi connectivity index (χ0) is 14.0. The number of hydrogen-bond donors (Lipinski definition) is 1. The Labute approximate surface area is 105 Å². The van der Waals surface area contributed by atoms with Crippen LogP contribution in [0.25, 0.3) is 11.1 Å². The van der Waals surface area contributed by atoms with Gasteiger partial charge in [0, 0.05) is 0 Å². The molecule has 1 heterocycles. The summed E-state index contributed by atoms with van der Waals surface area (Å²) >= 11 is 0. The van der Waals surface area contributed by atoms with Gasteiger partial charge < -0.3 is 14.4 Å². The topological polar surface area (TPSA) is 66.6 Å². The first-order chi connectivity index (χ1) is 8.85. The van der Waals surface area contributed by atoms with Crippen molar-refractivity contribution in [2.75, 3.05) is 18.0 Å². The van der Waals surface area contributed by atoms with Crippen molar-refractivity contribution in [3.05, 3.63) is 24.3 Å². The summed E-state index contributed by atoms with van der Waals surface area (Å²) in [5, 5.41) is 8.64. The van der Waals surface area contributed by atoms with Crippen LogP contribution in [0.15, 0.2) is 28.7 Å². The van der Waals surface area contributed by atoms with Crippen LogP contribution < -0.4 is 4.90 Å². The van der Waals surface area contributed by atoms with Crippen LogP contribution in [-0.4, -0.2) is 35.3 Å². The lowest BCUT2D eigenvalue weighted by molar-refractivity contribution is -0.137. The number of hydrogen-bond acceptors (Lipinski definition) is 4. The molecule has 0 spiro atoms. The minimum absolute atomic E-state index is 0.301. The number of alkyl halides is 3. The Morgan fingerprint density at radius 1 is 1.37 bits per heavy atom. The third kappa shape index (κ3) is 3.36. The van der Waals surface area contributed by atoms with Crippen molar-refractivity contribution in [2.45, 2.75) is 6.18 Å². The number of anilines is 1. The molecule has 0 aliphatic carbocycles. The Morgan fingerprint density at radius 2 is 2.05 bits per heavy atom. The molecule has 102 valence electrons. The van der Waals surface area contributed by atoms with Gasteiger partial charge >= 0.3 is 12.1 Å². The molecular formula is C11H9F3N2O3. The Morgan fingerprint density at radius 3 is 2.63 bits per heavy atom. The Kier molecular flexibility index (Phi) is 3.32. The van der Waals surface area contributed by atoms with Gasteiger partial charge in [0.25, 0.3) is 6.01 Å². The highest BCUT2D eigenvalue weighted by molar-refractivity contribution is 5.76. The van der Waals surface area contributed by atoms with Crippen LogP contribution in [0.4, 0.5) is 19.2 Å². The van der Waals surface area contributed by atoms with E-state index in [-0.39, 0.29) is 6.01 Å². The van der Waals surface area contributed by atoms with Crippen LogP contribution in [0.1, 0.15) is 0 Å². The molecule has 0 aliphatic rings. The molecule has 1 aromatic carbocycles. The average molecular weight is 274 g/mol. The number of aliphatic carboxylic acids is 1. The molecule has 0 bridgehead atoms. The lowest BCUT2D eigenvalue weighted by Crippen LogP contribution is -2.38. The summed E-state index contributed by atoms with van der Waals surface area (Å²) in [6.07, 6.45) is -4.55. The van der Waals surface area contributed by atoms with Crippen molar-refractivity contribution in [2.24, 2.45) is 0 Å². The molecule has 0 atom stereocenters. The first-order valence-corrected chi connectivity index (χ1v) is 5.24. The fourth-order valence-electron chi connectivity index (χ4n) is 1.57. The molecule has 19 heavy (non-hydrogen) atoms. The summed E-state index contributed by atoms with van der Waals surface area (Å²) in [6.45, 7) is -2.28. The predicted octanol–water partition coefficient (Wildman–Crippen LogP) is 2.28. The SMILES string of the molecule is O=C(O)CN(CC(F)(F)F)c1nc2ccccc2o1. The summed E-state index contributed by atoms with van der Waals surface area (Å²) in [7, 11) is 0. The van der Waals surface area contributed by atoms with E-state index in [1.165, 1.54) is 0 Å². The number of fused-ring (bicyclic) bond motifs is 1. The normalized spacial score (nSPS) is 11.7. The molecule has 2 aromatic rings. The van der Waals surface area contributed by atoms with E-state index in [1.807, 2.05) is 0 Å². The second-order valence-electron chi connectivity index (χ2n) is 3.83. The number of para-hydroxylation sites is 2. The van der Waals surface area contributed by atoms with E-state index in [1.54, 1.807) is 24.3 Å². The molecule has 0 fully saturated rings. The summed E-state index contributed by atoms with van der Waals surface area (Å²) in [5.74, 6) is -1.40. The van der Waals surface area contributed by atoms with Gasteiger partial charge in [-0.3, -0.25) is 4.79 Å². The van der Waals surface area contributed by atoms with E-state index in [9.17, 15) is 18.0 Å². The van der Waals surface area contributed by atoms with E-state index >= 15 is 0 Å². The highest BCUT2D eigenvalue weighted by Crippen LogP contribution is 2.25. The van der Waals surface area contributed by atoms with Crippen LogP contribution in [0.5, 0.6) is 0 Å². The van der Waals surface area contributed by atoms with Gasteiger partial charge in [0.15, 0.2) is 5.58 Å². The summed E-state index contributed by atoms with van der Waals surface area (Å²) < 4.78 is 42.3. The van der Waals surface area contributed by atoms with E-state index in [0.29, 0.717) is 16.0 Å². The van der Waals surface area contributed by atoms with Crippen molar-refractivity contribution in [1.29, 1.82) is 0 Å². The molecule has 0 unspecified atom stereocenters. The highest BCUT2D eigenvalue weighted by atomic mass is 19.4. The van der Waals surface area contributed by atoms with Crippen molar-refractivity contribution in [3.8, 4) is 0 Å². The maximum Gasteiger partial charge on any atom is 0.406 e. The van der Waals surface area contributed by atoms with Gasteiger partial charge in [0.1, 0.15) is 18.6 Å². The average Bonchev–Trinajstić information content (AvgIpc) is 2.68. The van der Waals surface area contributed by atoms with Gasteiger partial charge in [-0.15, -0.1) is 0 Å². The number of carboxylic acid groups (broad SMARTS) is 1. The number of nitrogens with zero attached hydrogens (tertiary/aromatic N) is 2. The van der Waals surface area contributed by atoms with Gasteiger partial charge in [0.2, 0.25) is 0 Å². The second-order valence-corrected chi connectivity index (χ2v) is 3.83. The molecule has 5 nitrogen and oxygen atoms in total. The number of carbonyl (C=O) groups is 1. The third-order valence-electron chi connectivity index (χ3n) is 2.25. The molecule has 0 amide bonds. The number of oxazole rings is 1. The number of rotatable bonds is 4. The first-order valence-electron chi connectivity index (χ1n) is 5.24. The first kappa shape index (κ1) is 13.2. The second kappa shape index (κ2) is 4.79. The monoisotopic (exact) mass is 274 g/mol. The van der Waals surface area contributed by atoms with E-state index in [4.69, 9.17) is 9.52 Å². The Hall–Kier alpha value is -2.25. The van der Waals surface area contributed by atoms with Crippen LogP contribution in [-0.2, 0) is 4.79 Å². The lowest BCUT2D eigenvalue weighted by atomic mass is 10.3. The molecule has 8 heteroatoms. The zero-order valence-electron chi connectivity index (χ0n) is 9.52. The Balaban J connectivity index is 2.33. The molecule has 1 aromatic heterocycles.